The molecule has 0 radical (unpaired) electrons. The number of hydrogen-bond donors (Lipinski definition) is 1. The molecule has 18 heavy (non-hydrogen) atoms. The Labute approximate surface area is 109 Å². The molecule has 3 nitrogen and oxygen atoms in total. The van der Waals surface area contributed by atoms with E-state index in [1.165, 1.54) is 6.07 Å². The fourth-order valence-electron chi connectivity index (χ4n) is 1.51. The Morgan fingerprint density at radius 3 is 2.94 bits per heavy atom. The zero-order valence-corrected chi connectivity index (χ0v) is 10.1. The van der Waals surface area contributed by atoms with Crippen LogP contribution in [-0.2, 0) is 6.54 Å². The van der Waals surface area contributed by atoms with Gasteiger partial charge in [-0.2, -0.15) is 5.26 Å². The quantitative estimate of drug-likeness (QED) is 0.922. The average Bonchev–Trinajstić information content (AvgIpc) is 2.38. The van der Waals surface area contributed by atoms with E-state index in [-0.39, 0.29) is 0 Å². The number of benzene rings is 1. The highest BCUT2D eigenvalue weighted by Crippen LogP contribution is 2.19. The Hall–Kier alpha value is -2.12. The Balaban J connectivity index is 2.14. The van der Waals surface area contributed by atoms with Gasteiger partial charge in [0.05, 0.1) is 5.69 Å². The molecule has 0 atom stereocenters. The zero-order valence-electron chi connectivity index (χ0n) is 9.32. The number of nitrogens with one attached hydrogen (secondary N) is 1. The molecule has 0 aliphatic heterocycles. The summed E-state index contributed by atoms with van der Waals surface area (Å²) in [5.41, 5.74) is 1.39. The van der Waals surface area contributed by atoms with Crippen molar-refractivity contribution < 1.29 is 4.39 Å². The summed E-state index contributed by atoms with van der Waals surface area (Å²) in [4.78, 5) is 3.93. The third-order valence-electron chi connectivity index (χ3n) is 2.40. The molecule has 5 heteroatoms. The van der Waals surface area contributed by atoms with Crippen molar-refractivity contribution in [3.05, 3.63) is 58.6 Å². The third-order valence-corrected chi connectivity index (χ3v) is 2.63. The highest BCUT2D eigenvalue weighted by Gasteiger charge is 2.05. The fraction of sp³-hybridized carbons (Fsp3) is 0.0769. The van der Waals surface area contributed by atoms with Gasteiger partial charge < -0.3 is 5.32 Å². The van der Waals surface area contributed by atoms with Crippen molar-refractivity contribution in [1.82, 2.24) is 4.98 Å². The molecule has 0 aliphatic carbocycles. The van der Waals surface area contributed by atoms with Gasteiger partial charge in [-0.05, 0) is 24.3 Å². The van der Waals surface area contributed by atoms with E-state index < -0.39 is 5.82 Å². The predicted molar refractivity (Wildman–Crippen MR) is 67.7 cm³/mol. The lowest BCUT2D eigenvalue weighted by Gasteiger charge is -2.08. The molecular weight excluding hydrogens is 253 g/mol. The van der Waals surface area contributed by atoms with Crippen LogP contribution in [0, 0.1) is 17.1 Å². The van der Waals surface area contributed by atoms with Crippen LogP contribution in [0.3, 0.4) is 0 Å². The summed E-state index contributed by atoms with van der Waals surface area (Å²) in [6.07, 6.45) is 1.55. The number of pyridine rings is 1. The first-order valence-corrected chi connectivity index (χ1v) is 5.61. The van der Waals surface area contributed by atoms with Crippen LogP contribution >= 0.6 is 11.6 Å². The molecule has 1 N–H and O–H groups in total. The lowest BCUT2D eigenvalue weighted by molar-refractivity contribution is 0.630. The SMILES string of the molecule is N#Cc1ncccc1CNc1ccc(Cl)cc1F. The maximum Gasteiger partial charge on any atom is 0.147 e. The zero-order chi connectivity index (χ0) is 13.0. The summed E-state index contributed by atoms with van der Waals surface area (Å²) in [5.74, 6) is -0.426. The minimum Gasteiger partial charge on any atom is -0.378 e. The van der Waals surface area contributed by atoms with Crippen LogP contribution in [0.4, 0.5) is 10.1 Å². The maximum absolute atomic E-state index is 13.5. The molecule has 0 amide bonds. The van der Waals surface area contributed by atoms with Crippen LogP contribution in [-0.4, -0.2) is 4.98 Å². The van der Waals surface area contributed by atoms with Crippen LogP contribution in [0.15, 0.2) is 36.5 Å². The van der Waals surface area contributed by atoms with Gasteiger partial charge in [-0.15, -0.1) is 0 Å². The first-order chi connectivity index (χ1) is 8.70. The molecule has 1 heterocycles. The summed E-state index contributed by atoms with van der Waals surface area (Å²) < 4.78 is 13.5. The number of anilines is 1. The molecule has 0 saturated carbocycles. The smallest absolute Gasteiger partial charge is 0.147 e. The van der Waals surface area contributed by atoms with E-state index in [1.54, 1.807) is 30.5 Å². The number of nitriles is 1. The Bertz CT molecular complexity index is 607. The van der Waals surface area contributed by atoms with Crippen molar-refractivity contribution in [2.45, 2.75) is 6.54 Å². The normalized spacial score (nSPS) is 9.83. The summed E-state index contributed by atoms with van der Waals surface area (Å²) >= 11 is 5.66. The van der Waals surface area contributed by atoms with Crippen molar-refractivity contribution in [1.29, 1.82) is 5.26 Å². The summed E-state index contributed by atoms with van der Waals surface area (Å²) in [5, 5.41) is 12.1. The van der Waals surface area contributed by atoms with Gasteiger partial charge in [-0.25, -0.2) is 9.37 Å². The van der Waals surface area contributed by atoms with E-state index >= 15 is 0 Å². The molecule has 0 aliphatic rings. The van der Waals surface area contributed by atoms with Gasteiger partial charge in [-0.3, -0.25) is 0 Å². The average molecular weight is 262 g/mol. The Morgan fingerprint density at radius 1 is 1.39 bits per heavy atom. The Kier molecular flexibility index (Phi) is 3.75. The molecule has 2 aromatic rings. The largest absolute Gasteiger partial charge is 0.378 e. The lowest BCUT2D eigenvalue weighted by atomic mass is 10.2. The van der Waals surface area contributed by atoms with E-state index in [4.69, 9.17) is 16.9 Å². The molecule has 0 saturated heterocycles. The van der Waals surface area contributed by atoms with Gasteiger partial charge >= 0.3 is 0 Å². The van der Waals surface area contributed by atoms with E-state index in [0.29, 0.717) is 28.5 Å². The first-order valence-electron chi connectivity index (χ1n) is 5.23. The van der Waals surface area contributed by atoms with Gasteiger partial charge in [0.15, 0.2) is 0 Å². The van der Waals surface area contributed by atoms with E-state index in [0.717, 1.165) is 0 Å². The Morgan fingerprint density at radius 2 is 2.22 bits per heavy atom. The minimum atomic E-state index is -0.426. The van der Waals surface area contributed by atoms with Crippen molar-refractivity contribution in [2.75, 3.05) is 5.32 Å². The van der Waals surface area contributed by atoms with Crippen molar-refractivity contribution in [3.63, 3.8) is 0 Å². The van der Waals surface area contributed by atoms with E-state index in [9.17, 15) is 4.39 Å². The molecule has 2 rings (SSSR count). The van der Waals surface area contributed by atoms with Crippen LogP contribution in [0.25, 0.3) is 0 Å². The number of hydrogen-bond acceptors (Lipinski definition) is 3. The van der Waals surface area contributed by atoms with Gasteiger partial charge in [0.1, 0.15) is 17.6 Å². The molecule has 1 aromatic heterocycles. The van der Waals surface area contributed by atoms with Crippen molar-refractivity contribution in [2.24, 2.45) is 0 Å². The van der Waals surface area contributed by atoms with Crippen LogP contribution in [0.1, 0.15) is 11.3 Å². The number of halogens is 2. The summed E-state index contributed by atoms with van der Waals surface area (Å²) in [6.45, 7) is 0.329. The second-order valence-corrected chi connectivity index (χ2v) is 4.04. The van der Waals surface area contributed by atoms with Crippen LogP contribution in [0.2, 0.25) is 5.02 Å². The lowest BCUT2D eigenvalue weighted by Crippen LogP contribution is -2.04. The van der Waals surface area contributed by atoms with Crippen molar-refractivity contribution >= 4 is 17.3 Å². The molecule has 1 aromatic carbocycles. The van der Waals surface area contributed by atoms with Gasteiger partial charge in [0.25, 0.3) is 0 Å². The molecule has 0 bridgehead atoms. The predicted octanol–water partition coefficient (Wildman–Crippen LogP) is 3.36. The maximum atomic E-state index is 13.5. The minimum absolute atomic E-state index is 0.329. The standard InChI is InChI=1S/C13H9ClFN3/c14-10-3-4-12(11(15)6-10)18-8-9-2-1-5-17-13(9)7-16/h1-6,18H,8H2. The fourth-order valence-corrected chi connectivity index (χ4v) is 1.66. The monoisotopic (exact) mass is 261 g/mol. The number of nitrogens with zero attached hydrogens (tertiary/aromatic N) is 2. The van der Waals surface area contributed by atoms with Gasteiger partial charge in [-0.1, -0.05) is 17.7 Å². The first kappa shape index (κ1) is 12.3. The number of rotatable bonds is 3. The second kappa shape index (κ2) is 5.48. The van der Waals surface area contributed by atoms with Gasteiger partial charge in [0.2, 0.25) is 0 Å². The highest BCUT2D eigenvalue weighted by molar-refractivity contribution is 6.30. The van der Waals surface area contributed by atoms with E-state index in [2.05, 4.69) is 10.3 Å². The van der Waals surface area contributed by atoms with Gasteiger partial charge in [0, 0.05) is 23.3 Å². The molecule has 0 unspecified atom stereocenters. The van der Waals surface area contributed by atoms with Crippen molar-refractivity contribution in [3.8, 4) is 6.07 Å². The summed E-state index contributed by atoms with van der Waals surface area (Å²) in [7, 11) is 0. The molecular formula is C13H9ClFN3. The molecule has 90 valence electrons. The second-order valence-electron chi connectivity index (χ2n) is 3.60. The number of aromatic nitrogens is 1. The highest BCUT2D eigenvalue weighted by atomic mass is 35.5. The molecule has 0 spiro atoms. The van der Waals surface area contributed by atoms with Crippen LogP contribution in [0.5, 0.6) is 0 Å². The summed E-state index contributed by atoms with van der Waals surface area (Å²) in [6, 6.07) is 9.88. The topological polar surface area (TPSA) is 48.7 Å². The van der Waals surface area contributed by atoms with E-state index in [1.807, 2.05) is 6.07 Å². The third kappa shape index (κ3) is 2.76. The molecule has 0 fully saturated rings. The van der Waals surface area contributed by atoms with Crippen LogP contribution < -0.4 is 5.32 Å².